The van der Waals surface area contributed by atoms with Gasteiger partial charge in [0.1, 0.15) is 5.65 Å². The van der Waals surface area contributed by atoms with Crippen molar-refractivity contribution in [3.8, 4) is 0 Å². The summed E-state index contributed by atoms with van der Waals surface area (Å²) >= 11 is 0. The van der Waals surface area contributed by atoms with Crippen molar-refractivity contribution >= 4 is 5.65 Å². The van der Waals surface area contributed by atoms with Crippen LogP contribution in [0, 0.1) is 0 Å². The van der Waals surface area contributed by atoms with Crippen molar-refractivity contribution in [2.45, 2.75) is 57.7 Å². The highest BCUT2D eigenvalue weighted by molar-refractivity contribution is 5.39. The molecule has 0 spiro atoms. The van der Waals surface area contributed by atoms with Crippen molar-refractivity contribution in [2.24, 2.45) is 0 Å². The summed E-state index contributed by atoms with van der Waals surface area (Å²) in [6.45, 7) is 6.16. The molecule has 114 valence electrons. The normalized spacial score (nSPS) is 21.7. The first-order valence-corrected chi connectivity index (χ1v) is 8.04. The lowest BCUT2D eigenvalue weighted by atomic mass is 9.86. The molecule has 1 atom stereocenters. The average molecular weight is 287 g/mol. The predicted octanol–water partition coefficient (Wildman–Crippen LogP) is 3.16. The lowest BCUT2D eigenvalue weighted by Crippen LogP contribution is -2.46. The molecule has 0 bridgehead atoms. The molecule has 1 aliphatic heterocycles. The fourth-order valence-corrected chi connectivity index (χ4v) is 3.27. The number of fused-ring (bicyclic) bond motifs is 1. The summed E-state index contributed by atoms with van der Waals surface area (Å²) in [5, 5.41) is 3.67. The van der Waals surface area contributed by atoms with Gasteiger partial charge in [-0.05, 0) is 37.8 Å². The van der Waals surface area contributed by atoms with Crippen LogP contribution < -0.4 is 5.32 Å². The molecule has 3 rings (SSSR count). The van der Waals surface area contributed by atoms with E-state index in [1.54, 1.807) is 0 Å². The smallest absolute Gasteiger partial charge is 0.137 e. The summed E-state index contributed by atoms with van der Waals surface area (Å²) < 4.78 is 8.11. The number of ether oxygens (including phenoxy) is 1. The van der Waals surface area contributed by atoms with Crippen LogP contribution in [0.3, 0.4) is 0 Å². The van der Waals surface area contributed by atoms with Gasteiger partial charge in [0.05, 0.1) is 11.3 Å². The molecule has 0 radical (unpaired) electrons. The van der Waals surface area contributed by atoms with Crippen molar-refractivity contribution in [1.29, 1.82) is 0 Å². The van der Waals surface area contributed by atoms with Crippen LogP contribution in [-0.4, -0.2) is 27.6 Å². The Labute approximate surface area is 126 Å². The first kappa shape index (κ1) is 14.5. The summed E-state index contributed by atoms with van der Waals surface area (Å²) in [6, 6.07) is 6.62. The highest BCUT2D eigenvalue weighted by Gasteiger charge is 2.34. The highest BCUT2D eigenvalue weighted by atomic mass is 16.5. The second-order valence-electron chi connectivity index (χ2n) is 6.01. The molecule has 2 aromatic rings. The van der Waals surface area contributed by atoms with Crippen LogP contribution in [-0.2, 0) is 11.3 Å². The maximum atomic E-state index is 6.03. The molecular formula is C17H25N3O. The van der Waals surface area contributed by atoms with Crippen LogP contribution >= 0.6 is 0 Å². The molecule has 0 saturated carbocycles. The van der Waals surface area contributed by atoms with Crippen molar-refractivity contribution in [3.63, 3.8) is 0 Å². The monoisotopic (exact) mass is 287 g/mol. The second kappa shape index (κ2) is 6.16. The molecule has 3 heterocycles. The molecule has 1 fully saturated rings. The van der Waals surface area contributed by atoms with Gasteiger partial charge in [0.2, 0.25) is 0 Å². The van der Waals surface area contributed by atoms with Gasteiger partial charge in [0.15, 0.2) is 0 Å². The van der Waals surface area contributed by atoms with Crippen LogP contribution in [0.2, 0.25) is 0 Å². The van der Waals surface area contributed by atoms with Crippen LogP contribution in [0.1, 0.15) is 45.2 Å². The minimum absolute atomic E-state index is 0.0782. The van der Waals surface area contributed by atoms with E-state index < -0.39 is 0 Å². The number of imidazole rings is 1. The van der Waals surface area contributed by atoms with E-state index >= 15 is 0 Å². The standard InChI is InChI=1S/C17H25N3O/c1-3-17(4-2)11-14(8-10-21-17)18-12-15-13-20-9-6-5-7-16(20)19-15/h5-7,9,13-14,18H,3-4,8,10-12H2,1-2H3. The van der Waals surface area contributed by atoms with Gasteiger partial charge in [-0.2, -0.15) is 0 Å². The number of hydrogen-bond acceptors (Lipinski definition) is 3. The second-order valence-corrected chi connectivity index (χ2v) is 6.01. The van der Waals surface area contributed by atoms with Crippen LogP contribution in [0.25, 0.3) is 5.65 Å². The molecule has 1 saturated heterocycles. The summed E-state index contributed by atoms with van der Waals surface area (Å²) in [5.41, 5.74) is 2.19. The quantitative estimate of drug-likeness (QED) is 0.918. The summed E-state index contributed by atoms with van der Waals surface area (Å²) in [4.78, 5) is 4.64. The molecule has 1 aliphatic rings. The molecule has 2 aromatic heterocycles. The molecule has 21 heavy (non-hydrogen) atoms. The van der Waals surface area contributed by atoms with Crippen molar-refractivity contribution in [3.05, 3.63) is 36.3 Å². The van der Waals surface area contributed by atoms with Crippen molar-refractivity contribution in [2.75, 3.05) is 6.61 Å². The van der Waals surface area contributed by atoms with Gasteiger partial charge >= 0.3 is 0 Å². The van der Waals surface area contributed by atoms with Crippen LogP contribution in [0.4, 0.5) is 0 Å². The van der Waals surface area contributed by atoms with Gasteiger partial charge < -0.3 is 14.5 Å². The fraction of sp³-hybridized carbons (Fsp3) is 0.588. The highest BCUT2D eigenvalue weighted by Crippen LogP contribution is 2.31. The van der Waals surface area contributed by atoms with Gasteiger partial charge in [0.25, 0.3) is 0 Å². The number of nitrogens with one attached hydrogen (secondary N) is 1. The maximum Gasteiger partial charge on any atom is 0.137 e. The molecule has 4 heteroatoms. The minimum Gasteiger partial charge on any atom is -0.375 e. The number of aromatic nitrogens is 2. The SMILES string of the molecule is CCC1(CC)CC(NCc2cn3ccccc3n2)CCO1. The number of rotatable bonds is 5. The van der Waals surface area contributed by atoms with Gasteiger partial charge in [-0.25, -0.2) is 4.98 Å². The molecule has 0 amide bonds. The van der Waals surface area contributed by atoms with E-state index in [9.17, 15) is 0 Å². The Kier molecular flexibility index (Phi) is 4.27. The summed E-state index contributed by atoms with van der Waals surface area (Å²) in [5.74, 6) is 0. The molecular weight excluding hydrogens is 262 g/mol. The molecule has 0 aromatic carbocycles. The van der Waals surface area contributed by atoms with Crippen molar-refractivity contribution < 1.29 is 4.74 Å². The number of pyridine rings is 1. The third kappa shape index (κ3) is 3.11. The first-order chi connectivity index (χ1) is 10.2. The van der Waals surface area contributed by atoms with Gasteiger partial charge in [-0.1, -0.05) is 19.9 Å². The average Bonchev–Trinajstić information content (AvgIpc) is 2.96. The zero-order valence-corrected chi connectivity index (χ0v) is 13.0. The predicted molar refractivity (Wildman–Crippen MR) is 84.3 cm³/mol. The zero-order chi connectivity index (χ0) is 14.7. The summed E-state index contributed by atoms with van der Waals surface area (Å²) in [7, 11) is 0. The Morgan fingerprint density at radius 3 is 3.00 bits per heavy atom. The third-order valence-electron chi connectivity index (χ3n) is 4.77. The largest absolute Gasteiger partial charge is 0.375 e. The summed E-state index contributed by atoms with van der Waals surface area (Å²) in [6.07, 6.45) is 8.53. The third-order valence-corrected chi connectivity index (χ3v) is 4.77. The van der Waals surface area contributed by atoms with Crippen LogP contribution in [0.15, 0.2) is 30.6 Å². The Morgan fingerprint density at radius 1 is 1.38 bits per heavy atom. The Morgan fingerprint density at radius 2 is 2.24 bits per heavy atom. The minimum atomic E-state index is 0.0782. The van der Waals surface area contributed by atoms with E-state index in [1.807, 2.05) is 24.4 Å². The Balaban J connectivity index is 1.61. The van der Waals surface area contributed by atoms with E-state index in [1.165, 1.54) is 0 Å². The van der Waals surface area contributed by atoms with Gasteiger partial charge in [-0.15, -0.1) is 0 Å². The zero-order valence-electron chi connectivity index (χ0n) is 13.0. The van der Waals surface area contributed by atoms with E-state index in [4.69, 9.17) is 4.74 Å². The fourth-order valence-electron chi connectivity index (χ4n) is 3.27. The lowest BCUT2D eigenvalue weighted by molar-refractivity contribution is -0.0932. The van der Waals surface area contributed by atoms with Crippen LogP contribution in [0.5, 0.6) is 0 Å². The van der Waals surface area contributed by atoms with E-state index in [2.05, 4.69) is 34.7 Å². The maximum absolute atomic E-state index is 6.03. The van der Waals surface area contributed by atoms with Gasteiger partial charge in [-0.3, -0.25) is 0 Å². The number of nitrogens with zero attached hydrogens (tertiary/aromatic N) is 2. The van der Waals surface area contributed by atoms with E-state index in [-0.39, 0.29) is 5.60 Å². The topological polar surface area (TPSA) is 38.6 Å². The molecule has 1 unspecified atom stereocenters. The molecule has 0 aliphatic carbocycles. The van der Waals surface area contributed by atoms with Gasteiger partial charge in [0, 0.05) is 31.6 Å². The lowest BCUT2D eigenvalue weighted by Gasteiger charge is -2.40. The first-order valence-electron chi connectivity index (χ1n) is 8.04. The van der Waals surface area contributed by atoms with E-state index in [0.717, 1.165) is 50.2 Å². The molecule has 1 N–H and O–H groups in total. The van der Waals surface area contributed by atoms with Crippen molar-refractivity contribution in [1.82, 2.24) is 14.7 Å². The molecule has 4 nitrogen and oxygen atoms in total. The Hall–Kier alpha value is -1.39. The van der Waals surface area contributed by atoms with E-state index in [0.29, 0.717) is 6.04 Å². The number of hydrogen-bond donors (Lipinski definition) is 1. The Bertz CT molecular complexity index is 555.